The molecule has 0 aromatic rings. The Kier molecular flexibility index (Phi) is 7.28. The number of rotatable bonds is 5. The zero-order chi connectivity index (χ0) is 21.9. The predicted octanol–water partition coefficient (Wildman–Crippen LogP) is 3.73. The molecule has 3 amide bonds. The lowest BCUT2D eigenvalue weighted by Crippen LogP contribution is -2.47. The number of amides is 3. The van der Waals surface area contributed by atoms with Crippen LogP contribution in [0.2, 0.25) is 0 Å². The second kappa shape index (κ2) is 8.67. The molecule has 0 unspecified atom stereocenters. The maximum atomic E-state index is 13.0. The lowest BCUT2D eigenvalue weighted by molar-refractivity contribution is -0.127. The van der Waals surface area contributed by atoms with Crippen LogP contribution in [0.1, 0.15) is 55.4 Å². The fraction of sp³-hybridized carbons (Fsp3) is 0.650. The van der Waals surface area contributed by atoms with E-state index in [0.29, 0.717) is 0 Å². The van der Waals surface area contributed by atoms with Gasteiger partial charge in [-0.25, -0.2) is 14.5 Å². The fourth-order valence-electron chi connectivity index (χ4n) is 2.55. The molecule has 0 saturated heterocycles. The molecule has 158 valence electrons. The van der Waals surface area contributed by atoms with E-state index in [4.69, 9.17) is 14.2 Å². The van der Waals surface area contributed by atoms with Gasteiger partial charge in [0.1, 0.15) is 29.6 Å². The van der Waals surface area contributed by atoms with Crippen LogP contribution in [0.25, 0.3) is 0 Å². The molecular weight excluding hydrogens is 364 g/mol. The predicted molar refractivity (Wildman–Crippen MR) is 104 cm³/mol. The van der Waals surface area contributed by atoms with Crippen molar-refractivity contribution in [3.8, 4) is 0 Å². The Morgan fingerprint density at radius 1 is 1.14 bits per heavy atom. The summed E-state index contributed by atoms with van der Waals surface area (Å²) in [7, 11) is 0. The summed E-state index contributed by atoms with van der Waals surface area (Å²) in [6.07, 6.45) is -0.114. The lowest BCUT2D eigenvalue weighted by atomic mass is 10.0. The average molecular weight is 396 g/mol. The normalized spacial score (nSPS) is 17.7. The van der Waals surface area contributed by atoms with Crippen LogP contribution in [0.15, 0.2) is 24.1 Å². The molecule has 8 nitrogen and oxygen atoms in total. The lowest BCUT2D eigenvalue weighted by Gasteiger charge is -2.30. The molecule has 1 heterocycles. The van der Waals surface area contributed by atoms with Crippen molar-refractivity contribution in [2.45, 2.75) is 72.6 Å². The van der Waals surface area contributed by atoms with Gasteiger partial charge < -0.3 is 14.2 Å². The summed E-state index contributed by atoms with van der Waals surface area (Å²) in [5.74, 6) is -0.719. The molecular formula is C20H32N2O6. The van der Waals surface area contributed by atoms with E-state index in [1.54, 1.807) is 41.5 Å². The first-order chi connectivity index (χ1) is 12.7. The van der Waals surface area contributed by atoms with Gasteiger partial charge in [-0.15, -0.1) is 0 Å². The van der Waals surface area contributed by atoms with Gasteiger partial charge in [0, 0.05) is 0 Å². The first-order valence-electron chi connectivity index (χ1n) is 9.22. The minimum atomic E-state index is -0.816. The number of hydrogen-bond donors (Lipinski definition) is 1. The first-order valence-corrected chi connectivity index (χ1v) is 9.22. The van der Waals surface area contributed by atoms with Crippen molar-refractivity contribution in [1.82, 2.24) is 10.2 Å². The van der Waals surface area contributed by atoms with Crippen LogP contribution >= 0.6 is 0 Å². The molecule has 1 aliphatic heterocycles. The number of nitrogens with zero attached hydrogens (tertiary/aromatic N) is 1. The molecule has 0 aromatic heterocycles. The summed E-state index contributed by atoms with van der Waals surface area (Å²) >= 11 is 0. The van der Waals surface area contributed by atoms with Crippen molar-refractivity contribution in [2.24, 2.45) is 5.92 Å². The average Bonchev–Trinajstić information content (AvgIpc) is 2.74. The highest BCUT2D eigenvalue weighted by Crippen LogP contribution is 2.32. The number of carbonyl (C=O) groups is 3. The Bertz CT molecular complexity index is 667. The van der Waals surface area contributed by atoms with Crippen LogP contribution < -0.4 is 5.32 Å². The third-order valence-corrected chi connectivity index (χ3v) is 3.43. The van der Waals surface area contributed by atoms with E-state index in [1.165, 1.54) is 6.08 Å². The van der Waals surface area contributed by atoms with Crippen molar-refractivity contribution >= 4 is 18.1 Å². The van der Waals surface area contributed by atoms with Gasteiger partial charge in [-0.05, 0) is 47.5 Å². The van der Waals surface area contributed by atoms with Gasteiger partial charge in [0.05, 0.1) is 0 Å². The van der Waals surface area contributed by atoms with Crippen LogP contribution in [0.4, 0.5) is 9.59 Å². The van der Waals surface area contributed by atoms with E-state index in [-0.39, 0.29) is 24.0 Å². The van der Waals surface area contributed by atoms with Gasteiger partial charge in [0.2, 0.25) is 0 Å². The summed E-state index contributed by atoms with van der Waals surface area (Å²) in [5, 5.41) is 2.44. The van der Waals surface area contributed by atoms with Crippen LogP contribution in [-0.2, 0) is 19.0 Å². The van der Waals surface area contributed by atoms with Crippen LogP contribution in [0.3, 0.4) is 0 Å². The summed E-state index contributed by atoms with van der Waals surface area (Å²) in [6.45, 7) is 17.6. The quantitative estimate of drug-likeness (QED) is 0.712. The largest absolute Gasteiger partial charge is 0.489 e. The minimum absolute atomic E-state index is 0.105. The number of hydrogen-bond acceptors (Lipinski definition) is 6. The number of ether oxygens (including phenoxy) is 3. The van der Waals surface area contributed by atoms with Crippen molar-refractivity contribution in [1.29, 1.82) is 0 Å². The topological polar surface area (TPSA) is 94.2 Å². The van der Waals surface area contributed by atoms with Gasteiger partial charge in [0.25, 0.3) is 5.91 Å². The zero-order valence-corrected chi connectivity index (χ0v) is 18.0. The fourth-order valence-corrected chi connectivity index (χ4v) is 2.55. The zero-order valence-electron chi connectivity index (χ0n) is 18.0. The number of nitrogens with one attached hydrogen (secondary N) is 1. The number of alkyl carbamates (subject to hydrolysis) is 1. The number of carbonyl (C=O) groups excluding carboxylic acids is 3. The van der Waals surface area contributed by atoms with Crippen LogP contribution in [-0.4, -0.2) is 46.8 Å². The van der Waals surface area contributed by atoms with E-state index in [2.05, 4.69) is 11.9 Å². The van der Waals surface area contributed by atoms with Crippen molar-refractivity contribution in [3.63, 3.8) is 0 Å². The molecule has 0 aliphatic carbocycles. The monoisotopic (exact) mass is 396 g/mol. The van der Waals surface area contributed by atoms with Crippen LogP contribution in [0, 0.1) is 5.92 Å². The highest BCUT2D eigenvalue weighted by Gasteiger charge is 2.48. The third kappa shape index (κ3) is 6.28. The molecule has 1 rings (SSSR count). The highest BCUT2D eigenvalue weighted by atomic mass is 16.6. The van der Waals surface area contributed by atoms with Gasteiger partial charge in [0.15, 0.2) is 5.70 Å². The Morgan fingerprint density at radius 2 is 1.68 bits per heavy atom. The summed E-state index contributed by atoms with van der Waals surface area (Å²) < 4.78 is 16.3. The summed E-state index contributed by atoms with van der Waals surface area (Å²) in [5.41, 5.74) is -1.68. The maximum Gasteiger partial charge on any atom is 0.418 e. The highest BCUT2D eigenvalue weighted by molar-refractivity contribution is 6.07. The van der Waals surface area contributed by atoms with E-state index in [0.717, 1.165) is 4.90 Å². The molecule has 8 heteroatoms. The second-order valence-electron chi connectivity index (χ2n) is 8.81. The van der Waals surface area contributed by atoms with Crippen molar-refractivity contribution in [3.05, 3.63) is 24.1 Å². The minimum Gasteiger partial charge on any atom is -0.489 e. The Labute approximate surface area is 166 Å². The van der Waals surface area contributed by atoms with E-state index < -0.39 is 35.3 Å². The summed E-state index contributed by atoms with van der Waals surface area (Å²) in [4.78, 5) is 38.9. The van der Waals surface area contributed by atoms with E-state index >= 15 is 0 Å². The van der Waals surface area contributed by atoms with Gasteiger partial charge in [-0.2, -0.15) is 0 Å². The molecule has 0 saturated carbocycles. The molecule has 0 radical (unpaired) electrons. The standard InChI is InChI=1S/C20H32N2O6/c1-10-11-26-15-13(21-17(24)27-19(4,5)6)16(23)22(14(15)12(2)3)18(25)28-20(7,8)9/h10,12,14H,1,11H2,2-9H3,(H,21,24)/t14-/m1/s1. The molecule has 0 aromatic carbocycles. The number of imide groups is 1. The first kappa shape index (κ1) is 23.5. The molecule has 1 atom stereocenters. The van der Waals surface area contributed by atoms with Gasteiger partial charge in [-0.1, -0.05) is 26.5 Å². The molecule has 0 bridgehead atoms. The van der Waals surface area contributed by atoms with E-state index in [1.807, 2.05) is 13.8 Å². The van der Waals surface area contributed by atoms with Gasteiger partial charge in [-0.3, -0.25) is 10.1 Å². The molecule has 0 spiro atoms. The molecule has 1 N–H and O–H groups in total. The van der Waals surface area contributed by atoms with Crippen LogP contribution in [0.5, 0.6) is 0 Å². The smallest absolute Gasteiger partial charge is 0.418 e. The third-order valence-electron chi connectivity index (χ3n) is 3.43. The Hall–Kier alpha value is -2.51. The van der Waals surface area contributed by atoms with Crippen molar-refractivity contribution in [2.75, 3.05) is 6.61 Å². The van der Waals surface area contributed by atoms with Gasteiger partial charge >= 0.3 is 12.2 Å². The molecule has 1 aliphatic rings. The molecule has 28 heavy (non-hydrogen) atoms. The SMILES string of the molecule is C=CCOC1=C(NC(=O)OC(C)(C)C)C(=O)N(C(=O)OC(C)(C)C)[C@@H]1C(C)C. The van der Waals surface area contributed by atoms with E-state index in [9.17, 15) is 14.4 Å². The Balaban J connectivity index is 3.30. The Morgan fingerprint density at radius 3 is 2.11 bits per heavy atom. The van der Waals surface area contributed by atoms with Crippen molar-refractivity contribution < 1.29 is 28.6 Å². The molecule has 0 fully saturated rings. The second-order valence-corrected chi connectivity index (χ2v) is 8.81. The summed E-state index contributed by atoms with van der Waals surface area (Å²) in [6, 6.07) is -0.729. The maximum absolute atomic E-state index is 13.0.